The number of nitrogens with one attached hydrogen (secondary N) is 1. The van der Waals surface area contributed by atoms with E-state index in [4.69, 9.17) is 10.1 Å². The number of rotatable bonds is 7. The molecule has 0 spiro atoms. The standard InChI is InChI=1S/C24H24N4O3S2/c1-16-7-11-19(12-8-16)28-22-6-4-3-5-21(22)27-24(28)32-15-23(29)26-17(2)18-9-13-20(14-10-18)33(25,30)31/h3-14,17H,15H2,1-2H3,(H,26,29)(H2,25,30,31). The Labute approximate surface area is 197 Å². The summed E-state index contributed by atoms with van der Waals surface area (Å²) in [4.78, 5) is 17.4. The molecule has 0 bridgehead atoms. The van der Waals surface area contributed by atoms with E-state index >= 15 is 0 Å². The van der Waals surface area contributed by atoms with E-state index in [0.717, 1.165) is 27.4 Å². The van der Waals surface area contributed by atoms with Crippen LogP contribution in [0.2, 0.25) is 0 Å². The van der Waals surface area contributed by atoms with E-state index in [2.05, 4.69) is 9.88 Å². The number of nitrogens with zero attached hydrogens (tertiary/aromatic N) is 2. The molecule has 0 saturated heterocycles. The Morgan fingerprint density at radius 1 is 1.06 bits per heavy atom. The Morgan fingerprint density at radius 3 is 2.39 bits per heavy atom. The van der Waals surface area contributed by atoms with Gasteiger partial charge in [0.1, 0.15) is 0 Å². The van der Waals surface area contributed by atoms with Gasteiger partial charge < -0.3 is 5.32 Å². The van der Waals surface area contributed by atoms with Crippen LogP contribution in [0.4, 0.5) is 0 Å². The van der Waals surface area contributed by atoms with Gasteiger partial charge in [0.2, 0.25) is 15.9 Å². The number of carbonyl (C=O) groups excluding carboxylic acids is 1. The summed E-state index contributed by atoms with van der Waals surface area (Å²) >= 11 is 1.37. The van der Waals surface area contributed by atoms with E-state index in [9.17, 15) is 13.2 Å². The van der Waals surface area contributed by atoms with E-state index in [-0.39, 0.29) is 22.6 Å². The fourth-order valence-corrected chi connectivity index (χ4v) is 4.84. The summed E-state index contributed by atoms with van der Waals surface area (Å²) in [5.41, 5.74) is 4.79. The van der Waals surface area contributed by atoms with E-state index in [0.29, 0.717) is 0 Å². The number of amides is 1. The number of aryl methyl sites for hydroxylation is 1. The largest absolute Gasteiger partial charge is 0.349 e. The molecule has 1 amide bonds. The van der Waals surface area contributed by atoms with Gasteiger partial charge in [-0.1, -0.05) is 53.7 Å². The van der Waals surface area contributed by atoms with Crippen LogP contribution in [0.1, 0.15) is 24.1 Å². The minimum Gasteiger partial charge on any atom is -0.349 e. The summed E-state index contributed by atoms with van der Waals surface area (Å²) in [7, 11) is -3.75. The van der Waals surface area contributed by atoms with Crippen LogP contribution in [0.3, 0.4) is 0 Å². The van der Waals surface area contributed by atoms with Crippen LogP contribution in [0, 0.1) is 6.92 Å². The first-order valence-electron chi connectivity index (χ1n) is 10.3. The van der Waals surface area contributed by atoms with Gasteiger partial charge in [0, 0.05) is 5.69 Å². The highest BCUT2D eigenvalue weighted by atomic mass is 32.2. The minimum absolute atomic E-state index is 0.0374. The number of hydrogen-bond donors (Lipinski definition) is 2. The van der Waals surface area contributed by atoms with Gasteiger partial charge in [-0.05, 0) is 55.8 Å². The maximum absolute atomic E-state index is 12.6. The van der Waals surface area contributed by atoms with Crippen LogP contribution in [0.5, 0.6) is 0 Å². The first-order valence-corrected chi connectivity index (χ1v) is 12.8. The topological polar surface area (TPSA) is 107 Å². The van der Waals surface area contributed by atoms with E-state index < -0.39 is 10.0 Å². The average molecular weight is 481 g/mol. The van der Waals surface area contributed by atoms with Crippen LogP contribution < -0.4 is 10.5 Å². The van der Waals surface area contributed by atoms with Crippen molar-refractivity contribution < 1.29 is 13.2 Å². The van der Waals surface area contributed by atoms with Crippen molar-refractivity contribution in [3.63, 3.8) is 0 Å². The van der Waals surface area contributed by atoms with Gasteiger partial charge in [0.15, 0.2) is 5.16 Å². The van der Waals surface area contributed by atoms with Crippen molar-refractivity contribution in [2.24, 2.45) is 5.14 Å². The van der Waals surface area contributed by atoms with Gasteiger partial charge in [-0.2, -0.15) is 0 Å². The summed E-state index contributed by atoms with van der Waals surface area (Å²) in [6.45, 7) is 3.88. The second-order valence-electron chi connectivity index (χ2n) is 7.75. The summed E-state index contributed by atoms with van der Waals surface area (Å²) in [5.74, 6) is 0.0416. The third kappa shape index (κ3) is 5.27. The number of nitrogens with two attached hydrogens (primary N) is 1. The zero-order valence-corrected chi connectivity index (χ0v) is 19.9. The lowest BCUT2D eigenvalue weighted by atomic mass is 10.1. The lowest BCUT2D eigenvalue weighted by molar-refractivity contribution is -0.119. The number of para-hydroxylation sites is 2. The third-order valence-electron chi connectivity index (χ3n) is 5.24. The Hall–Kier alpha value is -3.14. The predicted octanol–water partition coefficient (Wildman–Crippen LogP) is 3.95. The number of hydrogen-bond acceptors (Lipinski definition) is 5. The van der Waals surface area contributed by atoms with Crippen molar-refractivity contribution in [1.82, 2.24) is 14.9 Å². The second kappa shape index (κ2) is 9.38. The molecule has 4 aromatic rings. The fraction of sp³-hybridized carbons (Fsp3) is 0.167. The molecule has 1 aromatic heterocycles. The summed E-state index contributed by atoms with van der Waals surface area (Å²) in [6.07, 6.45) is 0. The smallest absolute Gasteiger partial charge is 0.238 e. The Kier molecular flexibility index (Phi) is 6.55. The lowest BCUT2D eigenvalue weighted by Gasteiger charge is -2.15. The van der Waals surface area contributed by atoms with Crippen molar-refractivity contribution in [2.45, 2.75) is 29.9 Å². The molecule has 1 unspecified atom stereocenters. The van der Waals surface area contributed by atoms with Crippen LogP contribution in [0.15, 0.2) is 82.8 Å². The van der Waals surface area contributed by atoms with Crippen LogP contribution >= 0.6 is 11.8 Å². The molecule has 170 valence electrons. The quantitative estimate of drug-likeness (QED) is 0.390. The van der Waals surface area contributed by atoms with Crippen molar-refractivity contribution >= 4 is 38.7 Å². The van der Waals surface area contributed by atoms with E-state index in [1.165, 1.54) is 29.5 Å². The van der Waals surface area contributed by atoms with Gasteiger partial charge in [-0.25, -0.2) is 18.5 Å². The molecule has 7 nitrogen and oxygen atoms in total. The normalized spacial score (nSPS) is 12.6. The monoisotopic (exact) mass is 480 g/mol. The number of sulfonamides is 1. The van der Waals surface area contributed by atoms with Gasteiger partial charge in [-0.15, -0.1) is 0 Å². The molecule has 1 atom stereocenters. The van der Waals surface area contributed by atoms with E-state index in [1.54, 1.807) is 12.1 Å². The predicted molar refractivity (Wildman–Crippen MR) is 131 cm³/mol. The maximum atomic E-state index is 12.6. The number of aromatic nitrogens is 2. The molecule has 0 fully saturated rings. The average Bonchev–Trinajstić information content (AvgIpc) is 3.16. The highest BCUT2D eigenvalue weighted by Gasteiger charge is 2.16. The van der Waals surface area contributed by atoms with Crippen molar-refractivity contribution in [3.05, 3.63) is 83.9 Å². The molecule has 3 N–H and O–H groups in total. The van der Waals surface area contributed by atoms with E-state index in [1.807, 2.05) is 62.4 Å². The van der Waals surface area contributed by atoms with Gasteiger partial charge in [0.25, 0.3) is 0 Å². The molecule has 0 radical (unpaired) electrons. The van der Waals surface area contributed by atoms with Gasteiger partial charge in [-0.3, -0.25) is 9.36 Å². The molecule has 0 aliphatic carbocycles. The van der Waals surface area contributed by atoms with Crippen LogP contribution in [-0.2, 0) is 14.8 Å². The minimum atomic E-state index is -3.75. The number of benzene rings is 3. The number of imidazole rings is 1. The third-order valence-corrected chi connectivity index (χ3v) is 7.11. The van der Waals surface area contributed by atoms with Crippen molar-refractivity contribution in [3.8, 4) is 5.69 Å². The summed E-state index contributed by atoms with van der Waals surface area (Å²) in [5, 5.41) is 8.82. The zero-order valence-electron chi connectivity index (χ0n) is 18.2. The number of fused-ring (bicyclic) bond motifs is 1. The van der Waals surface area contributed by atoms with Crippen LogP contribution in [0.25, 0.3) is 16.7 Å². The number of primary sulfonamides is 1. The SMILES string of the molecule is Cc1ccc(-n2c(SCC(=O)NC(C)c3ccc(S(N)(=O)=O)cc3)nc3ccccc32)cc1. The first kappa shape index (κ1) is 23.0. The molecule has 0 aliphatic heterocycles. The molecular weight excluding hydrogens is 456 g/mol. The van der Waals surface area contributed by atoms with Crippen molar-refractivity contribution in [1.29, 1.82) is 0 Å². The molecule has 33 heavy (non-hydrogen) atoms. The second-order valence-corrected chi connectivity index (χ2v) is 10.2. The molecule has 3 aromatic carbocycles. The fourth-order valence-electron chi connectivity index (χ4n) is 3.49. The highest BCUT2D eigenvalue weighted by molar-refractivity contribution is 7.99. The molecule has 9 heteroatoms. The summed E-state index contributed by atoms with van der Waals surface area (Å²) < 4.78 is 24.9. The number of carbonyl (C=O) groups is 1. The van der Waals surface area contributed by atoms with Crippen molar-refractivity contribution in [2.75, 3.05) is 5.75 Å². The zero-order chi connectivity index (χ0) is 23.6. The molecule has 4 rings (SSSR count). The Morgan fingerprint density at radius 2 is 1.73 bits per heavy atom. The maximum Gasteiger partial charge on any atom is 0.238 e. The van der Waals surface area contributed by atoms with Gasteiger partial charge >= 0.3 is 0 Å². The highest BCUT2D eigenvalue weighted by Crippen LogP contribution is 2.28. The molecule has 0 saturated carbocycles. The van der Waals surface area contributed by atoms with Gasteiger partial charge in [0.05, 0.1) is 27.7 Å². The Balaban J connectivity index is 1.49. The molecule has 1 heterocycles. The Bertz CT molecular complexity index is 1400. The van der Waals surface area contributed by atoms with Crippen LogP contribution in [-0.4, -0.2) is 29.6 Å². The number of thioether (sulfide) groups is 1. The lowest BCUT2D eigenvalue weighted by Crippen LogP contribution is -2.28. The summed E-state index contributed by atoms with van der Waals surface area (Å²) in [6, 6.07) is 21.9. The first-order chi connectivity index (χ1) is 15.7. The molecular formula is C24H24N4O3S2. The molecule has 0 aliphatic rings.